The van der Waals surface area contributed by atoms with Gasteiger partial charge in [-0.25, -0.2) is 14.4 Å². The highest BCUT2D eigenvalue weighted by Crippen LogP contribution is 1.91. The van der Waals surface area contributed by atoms with Crippen molar-refractivity contribution in [2.24, 2.45) is 0 Å². The molecule has 0 bridgehead atoms. The molecule has 0 aromatic carbocycles. The van der Waals surface area contributed by atoms with Crippen molar-refractivity contribution in [2.75, 3.05) is 20.3 Å². The van der Waals surface area contributed by atoms with Crippen LogP contribution in [0.1, 0.15) is 0 Å². The van der Waals surface area contributed by atoms with E-state index in [1.165, 1.54) is 0 Å². The number of carbonyl (C=O) groups is 3. The average molecular weight is 258 g/mol. The van der Waals surface area contributed by atoms with Crippen molar-refractivity contribution in [1.82, 2.24) is 0 Å². The minimum atomic E-state index is -1.15. The Morgan fingerprint density at radius 1 is 1.11 bits per heavy atom. The number of rotatable bonds is 7. The van der Waals surface area contributed by atoms with E-state index in [2.05, 4.69) is 20.8 Å². The first-order valence-electron chi connectivity index (χ1n) is 4.89. The second-order valence-electron chi connectivity index (χ2n) is 2.97. The third kappa shape index (κ3) is 8.05. The van der Waals surface area contributed by atoms with Crippen LogP contribution in [-0.2, 0) is 28.6 Å². The molecule has 0 rings (SSSR count). The van der Waals surface area contributed by atoms with Crippen molar-refractivity contribution < 1.29 is 33.7 Å². The van der Waals surface area contributed by atoms with Gasteiger partial charge in [0.25, 0.3) is 0 Å². The quantitative estimate of drug-likeness (QED) is 0.368. The molecule has 0 aliphatic carbocycles. The number of aliphatic hydroxyl groups excluding tert-OH is 1. The van der Waals surface area contributed by atoms with Crippen LogP contribution in [0.15, 0.2) is 24.8 Å². The van der Waals surface area contributed by atoms with Crippen LogP contribution in [0.3, 0.4) is 0 Å². The predicted octanol–water partition coefficient (Wildman–Crippen LogP) is -0.651. The lowest BCUT2D eigenvalue weighted by Crippen LogP contribution is -2.24. The van der Waals surface area contributed by atoms with E-state index in [1.807, 2.05) is 0 Å². The zero-order valence-corrected chi connectivity index (χ0v) is 9.83. The van der Waals surface area contributed by atoms with E-state index < -0.39 is 24.0 Å². The number of ether oxygens (including phenoxy) is 3. The molecule has 0 aromatic heterocycles. The maximum atomic E-state index is 11.0. The van der Waals surface area contributed by atoms with E-state index >= 15 is 0 Å². The highest BCUT2D eigenvalue weighted by Gasteiger charge is 2.09. The molecular weight excluding hydrogens is 244 g/mol. The molecule has 0 radical (unpaired) electrons. The second-order valence-corrected chi connectivity index (χ2v) is 2.97. The highest BCUT2D eigenvalue weighted by molar-refractivity contribution is 5.91. The van der Waals surface area contributed by atoms with E-state index in [9.17, 15) is 19.5 Å². The van der Waals surface area contributed by atoms with Gasteiger partial charge in [0.2, 0.25) is 0 Å². The van der Waals surface area contributed by atoms with Gasteiger partial charge in [0.15, 0.2) is 0 Å². The number of methoxy groups -OCH3 is 1. The van der Waals surface area contributed by atoms with Crippen LogP contribution in [0.25, 0.3) is 0 Å². The van der Waals surface area contributed by atoms with Gasteiger partial charge in [-0.15, -0.1) is 0 Å². The predicted molar refractivity (Wildman–Crippen MR) is 59.3 cm³/mol. The number of aliphatic hydroxyl groups is 1. The van der Waals surface area contributed by atoms with Gasteiger partial charge < -0.3 is 19.3 Å². The SMILES string of the molecule is C=CC(=O)OCC(O)COC(=O)/C=C\C(=O)OC. The van der Waals surface area contributed by atoms with Crippen molar-refractivity contribution in [3.63, 3.8) is 0 Å². The largest absolute Gasteiger partial charge is 0.466 e. The summed E-state index contributed by atoms with van der Waals surface area (Å²) in [6, 6.07) is 0. The van der Waals surface area contributed by atoms with Crippen molar-refractivity contribution in [3.8, 4) is 0 Å². The summed E-state index contributed by atoms with van der Waals surface area (Å²) in [5, 5.41) is 9.26. The molecule has 1 N–H and O–H groups in total. The fraction of sp³-hybridized carbons (Fsp3) is 0.364. The lowest BCUT2D eigenvalue weighted by atomic mass is 10.4. The Labute approximate surface area is 104 Å². The Morgan fingerprint density at radius 2 is 1.61 bits per heavy atom. The van der Waals surface area contributed by atoms with Crippen LogP contribution in [0.2, 0.25) is 0 Å². The molecule has 7 nitrogen and oxygen atoms in total. The van der Waals surface area contributed by atoms with Gasteiger partial charge in [-0.3, -0.25) is 0 Å². The number of hydrogen-bond donors (Lipinski definition) is 1. The average Bonchev–Trinajstić information content (AvgIpc) is 2.39. The van der Waals surface area contributed by atoms with Crippen LogP contribution in [0, 0.1) is 0 Å². The first-order chi connectivity index (χ1) is 8.49. The highest BCUT2D eigenvalue weighted by atomic mass is 16.6. The number of hydrogen-bond acceptors (Lipinski definition) is 7. The van der Waals surface area contributed by atoms with Gasteiger partial charge in [0.1, 0.15) is 19.3 Å². The Kier molecular flexibility index (Phi) is 7.87. The Balaban J connectivity index is 3.84. The van der Waals surface area contributed by atoms with Gasteiger partial charge in [-0.05, 0) is 0 Å². The molecule has 0 heterocycles. The van der Waals surface area contributed by atoms with E-state index in [0.29, 0.717) is 0 Å². The van der Waals surface area contributed by atoms with Crippen LogP contribution in [0.4, 0.5) is 0 Å². The Bertz CT molecular complexity index is 345. The molecule has 0 aliphatic rings. The van der Waals surface area contributed by atoms with Crippen molar-refractivity contribution in [2.45, 2.75) is 6.10 Å². The topological polar surface area (TPSA) is 99.1 Å². The van der Waals surface area contributed by atoms with Gasteiger partial charge >= 0.3 is 17.9 Å². The van der Waals surface area contributed by atoms with Crippen molar-refractivity contribution >= 4 is 17.9 Å². The van der Waals surface area contributed by atoms with Crippen molar-refractivity contribution in [3.05, 3.63) is 24.8 Å². The summed E-state index contributed by atoms with van der Waals surface area (Å²) in [5.41, 5.74) is 0. The Morgan fingerprint density at radius 3 is 2.11 bits per heavy atom. The minimum absolute atomic E-state index is 0.321. The molecule has 100 valence electrons. The third-order valence-corrected chi connectivity index (χ3v) is 1.56. The molecule has 0 fully saturated rings. The molecule has 0 saturated carbocycles. The maximum absolute atomic E-state index is 11.0. The summed E-state index contributed by atoms with van der Waals surface area (Å²) in [6.07, 6.45) is 1.53. The fourth-order valence-electron chi connectivity index (χ4n) is 0.716. The zero-order chi connectivity index (χ0) is 14.0. The number of esters is 3. The van der Waals surface area contributed by atoms with Crippen LogP contribution < -0.4 is 0 Å². The molecule has 18 heavy (non-hydrogen) atoms. The Hall–Kier alpha value is -2.15. The van der Waals surface area contributed by atoms with E-state index in [4.69, 9.17) is 0 Å². The smallest absolute Gasteiger partial charge is 0.331 e. The first kappa shape index (κ1) is 15.9. The second kappa shape index (κ2) is 8.94. The van der Waals surface area contributed by atoms with Crippen molar-refractivity contribution in [1.29, 1.82) is 0 Å². The number of carbonyl (C=O) groups excluding carboxylic acids is 3. The first-order valence-corrected chi connectivity index (χ1v) is 4.89. The third-order valence-electron chi connectivity index (χ3n) is 1.56. The molecule has 0 aliphatic heterocycles. The van der Waals surface area contributed by atoms with Gasteiger partial charge in [0, 0.05) is 18.2 Å². The molecule has 0 spiro atoms. The van der Waals surface area contributed by atoms with Crippen LogP contribution >= 0.6 is 0 Å². The minimum Gasteiger partial charge on any atom is -0.466 e. The maximum Gasteiger partial charge on any atom is 0.331 e. The van der Waals surface area contributed by atoms with Crippen LogP contribution in [-0.4, -0.2) is 49.4 Å². The monoisotopic (exact) mass is 258 g/mol. The van der Waals surface area contributed by atoms with Gasteiger partial charge in [0.05, 0.1) is 7.11 Å². The summed E-state index contributed by atoms with van der Waals surface area (Å²) < 4.78 is 13.3. The zero-order valence-electron chi connectivity index (χ0n) is 9.83. The molecule has 1 atom stereocenters. The summed E-state index contributed by atoms with van der Waals surface area (Å²) in [7, 11) is 1.16. The lowest BCUT2D eigenvalue weighted by Gasteiger charge is -2.09. The molecule has 1 unspecified atom stereocenters. The molecule has 0 amide bonds. The molecule has 0 saturated heterocycles. The standard InChI is InChI=1S/C11H14O7/c1-3-9(13)17-6-8(12)7-18-11(15)5-4-10(14)16-2/h3-5,8,12H,1,6-7H2,2H3/b5-4-. The van der Waals surface area contributed by atoms with E-state index in [-0.39, 0.29) is 13.2 Å². The summed E-state index contributed by atoms with van der Waals surface area (Å²) in [4.78, 5) is 32.3. The molecule has 0 aromatic rings. The molecular formula is C11H14O7. The summed E-state index contributed by atoms with van der Waals surface area (Å²) in [6.45, 7) is 2.48. The normalized spacial score (nSPS) is 11.7. The lowest BCUT2D eigenvalue weighted by molar-refractivity contribution is -0.146. The fourth-order valence-corrected chi connectivity index (χ4v) is 0.716. The van der Waals surface area contributed by atoms with E-state index in [1.54, 1.807) is 0 Å². The summed E-state index contributed by atoms with van der Waals surface area (Å²) in [5.74, 6) is -2.21. The summed E-state index contributed by atoms with van der Waals surface area (Å²) >= 11 is 0. The van der Waals surface area contributed by atoms with Gasteiger partial charge in [-0.2, -0.15) is 0 Å². The molecule has 7 heteroatoms. The van der Waals surface area contributed by atoms with Gasteiger partial charge in [-0.1, -0.05) is 6.58 Å². The van der Waals surface area contributed by atoms with Crippen LogP contribution in [0.5, 0.6) is 0 Å². The van der Waals surface area contributed by atoms with E-state index in [0.717, 1.165) is 25.3 Å².